The number of rotatable bonds is 6. The molecule has 0 aliphatic heterocycles. The van der Waals surface area contributed by atoms with E-state index in [2.05, 4.69) is 4.98 Å². The third kappa shape index (κ3) is 3.00. The lowest BCUT2D eigenvalue weighted by atomic mass is 10.3. The molecule has 5 nitrogen and oxygen atoms in total. The summed E-state index contributed by atoms with van der Waals surface area (Å²) in [5.74, 6) is 0.579. The van der Waals surface area contributed by atoms with Crippen LogP contribution >= 0.6 is 0 Å². The lowest BCUT2D eigenvalue weighted by molar-refractivity contribution is -0.137. The number of aryl methyl sites for hydroxylation is 1. The third-order valence-corrected chi connectivity index (χ3v) is 2.51. The highest BCUT2D eigenvalue weighted by Crippen LogP contribution is 2.21. The minimum absolute atomic E-state index is 0.117. The standard InChI is InChI=1S/C13H15NO4/c1-2-12-14-10-8-9(5-6-11(10)18-12)17-7-3-4-13(15)16/h5-6,8H,2-4,7H2,1H3,(H,15,16). The number of aromatic nitrogens is 1. The maximum atomic E-state index is 10.3. The molecule has 0 aliphatic carbocycles. The molecule has 1 aromatic heterocycles. The number of hydrogen-bond acceptors (Lipinski definition) is 4. The van der Waals surface area contributed by atoms with E-state index in [1.165, 1.54) is 0 Å². The van der Waals surface area contributed by atoms with Crippen molar-refractivity contribution in [3.8, 4) is 5.75 Å². The molecule has 0 unspecified atom stereocenters. The zero-order chi connectivity index (χ0) is 13.0. The Kier molecular flexibility index (Phi) is 3.82. The van der Waals surface area contributed by atoms with Gasteiger partial charge in [-0.1, -0.05) is 6.92 Å². The first-order valence-corrected chi connectivity index (χ1v) is 5.93. The summed E-state index contributed by atoms with van der Waals surface area (Å²) in [6.45, 7) is 2.37. The molecule has 1 heterocycles. The van der Waals surface area contributed by atoms with Gasteiger partial charge in [0.2, 0.25) is 0 Å². The first-order chi connectivity index (χ1) is 8.69. The van der Waals surface area contributed by atoms with Crippen molar-refractivity contribution in [3.63, 3.8) is 0 Å². The van der Waals surface area contributed by atoms with Gasteiger partial charge in [0.05, 0.1) is 6.61 Å². The molecule has 2 rings (SSSR count). The van der Waals surface area contributed by atoms with Crippen molar-refractivity contribution in [1.29, 1.82) is 0 Å². The summed E-state index contributed by atoms with van der Waals surface area (Å²) < 4.78 is 10.9. The number of carboxylic acid groups (broad SMARTS) is 1. The number of carbonyl (C=O) groups is 1. The van der Waals surface area contributed by atoms with Gasteiger partial charge in [-0.15, -0.1) is 0 Å². The van der Waals surface area contributed by atoms with Gasteiger partial charge in [-0.2, -0.15) is 0 Å². The highest BCUT2D eigenvalue weighted by atomic mass is 16.5. The molecule has 1 N–H and O–H groups in total. The van der Waals surface area contributed by atoms with Gasteiger partial charge in [0.25, 0.3) is 0 Å². The Balaban J connectivity index is 1.98. The summed E-state index contributed by atoms with van der Waals surface area (Å²) in [6.07, 6.45) is 1.36. The summed E-state index contributed by atoms with van der Waals surface area (Å²) in [5.41, 5.74) is 1.51. The molecule has 18 heavy (non-hydrogen) atoms. The molecule has 1 aromatic carbocycles. The smallest absolute Gasteiger partial charge is 0.303 e. The second-order valence-electron chi connectivity index (χ2n) is 3.94. The van der Waals surface area contributed by atoms with Crippen molar-refractivity contribution in [1.82, 2.24) is 4.98 Å². The van der Waals surface area contributed by atoms with Crippen molar-refractivity contribution in [2.75, 3.05) is 6.61 Å². The van der Waals surface area contributed by atoms with Gasteiger partial charge in [-0.3, -0.25) is 4.79 Å². The van der Waals surface area contributed by atoms with Gasteiger partial charge in [0, 0.05) is 18.9 Å². The van der Waals surface area contributed by atoms with Crippen LogP contribution in [0.3, 0.4) is 0 Å². The Hall–Kier alpha value is -2.04. The molecule has 0 saturated carbocycles. The van der Waals surface area contributed by atoms with E-state index in [9.17, 15) is 4.79 Å². The largest absolute Gasteiger partial charge is 0.493 e. The van der Waals surface area contributed by atoms with Gasteiger partial charge >= 0.3 is 5.97 Å². The fraction of sp³-hybridized carbons (Fsp3) is 0.385. The Morgan fingerprint density at radius 1 is 1.50 bits per heavy atom. The first-order valence-electron chi connectivity index (χ1n) is 5.93. The SMILES string of the molecule is CCc1nc2cc(OCCCC(=O)O)ccc2o1. The summed E-state index contributed by atoms with van der Waals surface area (Å²) in [5, 5.41) is 8.50. The highest BCUT2D eigenvalue weighted by Gasteiger charge is 2.05. The minimum Gasteiger partial charge on any atom is -0.493 e. The molecule has 0 saturated heterocycles. The zero-order valence-electron chi connectivity index (χ0n) is 10.2. The van der Waals surface area contributed by atoms with E-state index in [-0.39, 0.29) is 6.42 Å². The van der Waals surface area contributed by atoms with Crippen LogP contribution in [0.25, 0.3) is 11.1 Å². The number of nitrogens with zero attached hydrogens (tertiary/aromatic N) is 1. The van der Waals surface area contributed by atoms with Crippen LogP contribution in [0.1, 0.15) is 25.7 Å². The van der Waals surface area contributed by atoms with Gasteiger partial charge in [-0.25, -0.2) is 4.98 Å². The molecule has 0 spiro atoms. The molecular formula is C13H15NO4. The third-order valence-electron chi connectivity index (χ3n) is 2.51. The first kappa shape index (κ1) is 12.4. The normalized spacial score (nSPS) is 10.7. The Morgan fingerprint density at radius 3 is 3.06 bits per heavy atom. The van der Waals surface area contributed by atoms with Gasteiger partial charge < -0.3 is 14.3 Å². The van der Waals surface area contributed by atoms with Crippen LogP contribution in [0.4, 0.5) is 0 Å². The van der Waals surface area contributed by atoms with Crippen molar-refractivity contribution >= 4 is 17.1 Å². The second-order valence-corrected chi connectivity index (χ2v) is 3.94. The topological polar surface area (TPSA) is 72.6 Å². The number of carboxylic acids is 1. The Bertz CT molecular complexity index is 547. The van der Waals surface area contributed by atoms with Gasteiger partial charge in [-0.05, 0) is 18.6 Å². The molecule has 0 aliphatic rings. The van der Waals surface area contributed by atoms with Crippen molar-refractivity contribution < 1.29 is 19.1 Å². The molecule has 0 radical (unpaired) electrons. The minimum atomic E-state index is -0.807. The monoisotopic (exact) mass is 249 g/mol. The second kappa shape index (κ2) is 5.53. The van der Waals surface area contributed by atoms with Crippen LogP contribution in [0.15, 0.2) is 22.6 Å². The molecule has 0 amide bonds. The van der Waals surface area contributed by atoms with E-state index in [4.69, 9.17) is 14.3 Å². The number of oxazole rings is 1. The fourth-order valence-electron chi connectivity index (χ4n) is 1.61. The van der Waals surface area contributed by atoms with Crippen LogP contribution in [0.2, 0.25) is 0 Å². The Morgan fingerprint density at radius 2 is 2.33 bits per heavy atom. The number of benzene rings is 1. The maximum absolute atomic E-state index is 10.3. The van der Waals surface area contributed by atoms with Crippen molar-refractivity contribution in [2.45, 2.75) is 26.2 Å². The van der Waals surface area contributed by atoms with Gasteiger partial charge in [0.15, 0.2) is 11.5 Å². The molecule has 0 fully saturated rings. The number of aliphatic carboxylic acids is 1. The molecule has 5 heteroatoms. The zero-order valence-corrected chi connectivity index (χ0v) is 10.2. The van der Waals surface area contributed by atoms with Crippen LogP contribution in [-0.2, 0) is 11.2 Å². The molecule has 2 aromatic rings. The van der Waals surface area contributed by atoms with E-state index >= 15 is 0 Å². The summed E-state index contributed by atoms with van der Waals surface area (Å²) in [4.78, 5) is 14.7. The van der Waals surface area contributed by atoms with Crippen LogP contribution in [0, 0.1) is 0 Å². The van der Waals surface area contributed by atoms with Crippen LogP contribution in [0.5, 0.6) is 5.75 Å². The summed E-state index contributed by atoms with van der Waals surface area (Å²) in [7, 11) is 0. The van der Waals surface area contributed by atoms with E-state index in [0.29, 0.717) is 24.7 Å². The van der Waals surface area contributed by atoms with E-state index in [1.807, 2.05) is 13.0 Å². The van der Waals surface area contributed by atoms with E-state index in [1.54, 1.807) is 12.1 Å². The Labute approximate surface area is 104 Å². The molecular weight excluding hydrogens is 234 g/mol. The molecule has 0 atom stereocenters. The quantitative estimate of drug-likeness (QED) is 0.797. The maximum Gasteiger partial charge on any atom is 0.303 e. The lowest BCUT2D eigenvalue weighted by Gasteiger charge is -2.04. The van der Waals surface area contributed by atoms with Gasteiger partial charge in [0.1, 0.15) is 11.3 Å². The molecule has 96 valence electrons. The van der Waals surface area contributed by atoms with E-state index < -0.39 is 5.97 Å². The predicted molar refractivity (Wildman–Crippen MR) is 65.8 cm³/mol. The van der Waals surface area contributed by atoms with E-state index in [0.717, 1.165) is 17.5 Å². The number of hydrogen-bond donors (Lipinski definition) is 1. The fourth-order valence-corrected chi connectivity index (χ4v) is 1.61. The summed E-state index contributed by atoms with van der Waals surface area (Å²) in [6, 6.07) is 5.42. The average molecular weight is 249 g/mol. The van der Waals surface area contributed by atoms with Crippen molar-refractivity contribution in [2.24, 2.45) is 0 Å². The predicted octanol–water partition coefficient (Wildman–Crippen LogP) is 2.63. The number of ether oxygens (including phenoxy) is 1. The highest BCUT2D eigenvalue weighted by molar-refractivity contribution is 5.74. The average Bonchev–Trinajstić information content (AvgIpc) is 2.76. The lowest BCUT2D eigenvalue weighted by Crippen LogP contribution is -2.01. The van der Waals surface area contributed by atoms with Crippen molar-refractivity contribution in [3.05, 3.63) is 24.1 Å². The molecule has 0 bridgehead atoms. The number of fused-ring (bicyclic) bond motifs is 1. The summed E-state index contributed by atoms with van der Waals surface area (Å²) >= 11 is 0. The van der Waals surface area contributed by atoms with Crippen LogP contribution < -0.4 is 4.74 Å². The van der Waals surface area contributed by atoms with Crippen LogP contribution in [-0.4, -0.2) is 22.7 Å².